The maximum Gasteiger partial charge on any atom is 0.225 e. The average molecular weight is 266 g/mol. The minimum atomic E-state index is -0.369. The van der Waals surface area contributed by atoms with Crippen molar-refractivity contribution in [3.63, 3.8) is 0 Å². The molecule has 1 aromatic carbocycles. The summed E-state index contributed by atoms with van der Waals surface area (Å²) in [7, 11) is 0. The number of rotatable bonds is 5. The van der Waals surface area contributed by atoms with Crippen LogP contribution >= 0.6 is 12.2 Å². The molecule has 1 fully saturated rings. The SMILES string of the molecule is NC(=S)C(NC(=O)Cc1ccccc1F)C1CC1. The van der Waals surface area contributed by atoms with Crippen LogP contribution < -0.4 is 11.1 Å². The Morgan fingerprint density at radius 2 is 2.17 bits per heavy atom. The van der Waals surface area contributed by atoms with Crippen LogP contribution in [-0.2, 0) is 11.2 Å². The molecule has 0 aliphatic heterocycles. The van der Waals surface area contributed by atoms with Crippen molar-refractivity contribution in [2.45, 2.75) is 25.3 Å². The minimum absolute atomic E-state index is 0.0124. The van der Waals surface area contributed by atoms with Gasteiger partial charge >= 0.3 is 0 Å². The van der Waals surface area contributed by atoms with E-state index < -0.39 is 0 Å². The molecule has 1 aromatic rings. The normalized spacial score (nSPS) is 16.1. The van der Waals surface area contributed by atoms with E-state index in [4.69, 9.17) is 18.0 Å². The fraction of sp³-hybridized carbons (Fsp3) is 0.385. The Morgan fingerprint density at radius 1 is 1.50 bits per heavy atom. The van der Waals surface area contributed by atoms with Crippen molar-refractivity contribution >= 4 is 23.1 Å². The lowest BCUT2D eigenvalue weighted by molar-refractivity contribution is -0.120. The van der Waals surface area contributed by atoms with E-state index in [1.54, 1.807) is 18.2 Å². The number of hydrogen-bond acceptors (Lipinski definition) is 2. The smallest absolute Gasteiger partial charge is 0.225 e. The van der Waals surface area contributed by atoms with Crippen molar-refractivity contribution in [3.8, 4) is 0 Å². The first-order valence-corrected chi connectivity index (χ1v) is 6.31. The van der Waals surface area contributed by atoms with E-state index in [0.29, 0.717) is 16.5 Å². The van der Waals surface area contributed by atoms with Crippen LogP contribution in [0.3, 0.4) is 0 Å². The van der Waals surface area contributed by atoms with Crippen molar-refractivity contribution in [1.29, 1.82) is 0 Å². The molecule has 1 aliphatic rings. The van der Waals surface area contributed by atoms with Crippen molar-refractivity contribution in [1.82, 2.24) is 5.32 Å². The first-order valence-electron chi connectivity index (χ1n) is 5.90. The number of halogens is 1. The summed E-state index contributed by atoms with van der Waals surface area (Å²) in [6, 6.07) is 5.99. The molecule has 5 heteroatoms. The van der Waals surface area contributed by atoms with Gasteiger partial charge in [0.1, 0.15) is 5.82 Å². The Kier molecular flexibility index (Phi) is 3.91. The highest BCUT2D eigenvalue weighted by Crippen LogP contribution is 2.32. The van der Waals surface area contributed by atoms with E-state index in [1.807, 2.05) is 0 Å². The van der Waals surface area contributed by atoms with Gasteiger partial charge in [0, 0.05) is 0 Å². The molecule has 0 aromatic heterocycles. The third-order valence-corrected chi connectivity index (χ3v) is 3.28. The van der Waals surface area contributed by atoms with Crippen molar-refractivity contribution in [3.05, 3.63) is 35.6 Å². The van der Waals surface area contributed by atoms with Gasteiger partial charge in [0.05, 0.1) is 17.5 Å². The van der Waals surface area contributed by atoms with Crippen LogP contribution in [-0.4, -0.2) is 16.9 Å². The molecule has 0 radical (unpaired) electrons. The summed E-state index contributed by atoms with van der Waals surface area (Å²) >= 11 is 4.93. The fourth-order valence-electron chi connectivity index (χ4n) is 1.89. The number of benzene rings is 1. The largest absolute Gasteiger partial charge is 0.392 e. The molecule has 2 rings (SSSR count). The Hall–Kier alpha value is -1.49. The molecule has 1 unspecified atom stereocenters. The van der Waals surface area contributed by atoms with E-state index in [0.717, 1.165) is 12.8 Å². The number of hydrogen-bond donors (Lipinski definition) is 2. The van der Waals surface area contributed by atoms with Crippen LogP contribution in [0.4, 0.5) is 4.39 Å². The molecule has 0 heterocycles. The molecule has 0 spiro atoms. The van der Waals surface area contributed by atoms with Gasteiger partial charge in [0.15, 0.2) is 0 Å². The second-order valence-electron chi connectivity index (χ2n) is 4.55. The van der Waals surface area contributed by atoms with E-state index in [1.165, 1.54) is 6.07 Å². The van der Waals surface area contributed by atoms with Crippen LogP contribution in [0.25, 0.3) is 0 Å². The zero-order valence-corrected chi connectivity index (χ0v) is 10.7. The van der Waals surface area contributed by atoms with Crippen molar-refractivity contribution < 1.29 is 9.18 Å². The summed E-state index contributed by atoms with van der Waals surface area (Å²) in [6.45, 7) is 0. The fourth-order valence-corrected chi connectivity index (χ4v) is 2.14. The van der Waals surface area contributed by atoms with Crippen molar-refractivity contribution in [2.24, 2.45) is 11.7 Å². The molecular weight excluding hydrogens is 251 g/mol. The van der Waals surface area contributed by atoms with E-state index in [2.05, 4.69) is 5.32 Å². The monoisotopic (exact) mass is 266 g/mol. The lowest BCUT2D eigenvalue weighted by atomic mass is 10.1. The predicted octanol–water partition coefficient (Wildman–Crippen LogP) is 1.55. The number of nitrogens with one attached hydrogen (secondary N) is 1. The zero-order valence-electron chi connectivity index (χ0n) is 9.86. The zero-order chi connectivity index (χ0) is 13.1. The van der Waals surface area contributed by atoms with Crippen LogP contribution in [0.1, 0.15) is 18.4 Å². The molecule has 0 bridgehead atoms. The third-order valence-electron chi connectivity index (χ3n) is 3.03. The second-order valence-corrected chi connectivity index (χ2v) is 5.02. The quantitative estimate of drug-likeness (QED) is 0.795. The highest BCUT2D eigenvalue weighted by Gasteiger charge is 2.34. The van der Waals surface area contributed by atoms with Gasteiger partial charge in [0.2, 0.25) is 5.91 Å². The number of nitrogens with two attached hydrogens (primary N) is 1. The predicted molar refractivity (Wildman–Crippen MR) is 71.5 cm³/mol. The van der Waals surface area contributed by atoms with Crippen LogP contribution in [0.2, 0.25) is 0 Å². The van der Waals surface area contributed by atoms with E-state index in [9.17, 15) is 9.18 Å². The standard InChI is InChI=1S/C13H15FN2OS/c14-10-4-2-1-3-9(10)7-11(17)16-12(13(15)18)8-5-6-8/h1-4,8,12H,5-7H2,(H2,15,18)(H,16,17). The maximum absolute atomic E-state index is 13.4. The lowest BCUT2D eigenvalue weighted by Crippen LogP contribution is -2.45. The van der Waals surface area contributed by atoms with Gasteiger partial charge in [0.25, 0.3) is 0 Å². The molecule has 1 saturated carbocycles. The highest BCUT2D eigenvalue weighted by atomic mass is 32.1. The lowest BCUT2D eigenvalue weighted by Gasteiger charge is -2.16. The van der Waals surface area contributed by atoms with Crippen LogP contribution in [0.5, 0.6) is 0 Å². The Morgan fingerprint density at radius 3 is 2.72 bits per heavy atom. The van der Waals surface area contributed by atoms with Gasteiger partial charge in [-0.05, 0) is 30.4 Å². The number of carbonyl (C=O) groups is 1. The Labute approximate surface area is 111 Å². The number of amides is 1. The number of thiocarbonyl (C=S) groups is 1. The molecule has 1 amide bonds. The molecule has 0 saturated heterocycles. The molecule has 18 heavy (non-hydrogen) atoms. The Balaban J connectivity index is 1.96. The Bertz CT molecular complexity index is 474. The molecule has 3 N–H and O–H groups in total. The molecular formula is C13H15FN2OS. The first kappa shape index (κ1) is 13.0. The summed E-state index contributed by atoms with van der Waals surface area (Å²) in [5, 5.41) is 2.78. The molecule has 96 valence electrons. The maximum atomic E-state index is 13.4. The highest BCUT2D eigenvalue weighted by molar-refractivity contribution is 7.80. The first-order chi connectivity index (χ1) is 8.58. The van der Waals surface area contributed by atoms with E-state index >= 15 is 0 Å². The van der Waals surface area contributed by atoms with Crippen molar-refractivity contribution in [2.75, 3.05) is 0 Å². The summed E-state index contributed by atoms with van der Waals surface area (Å²) in [6.07, 6.45) is 2.07. The average Bonchev–Trinajstić information content (AvgIpc) is 3.13. The van der Waals surface area contributed by atoms with Gasteiger partial charge in [-0.25, -0.2) is 4.39 Å². The molecule has 1 atom stereocenters. The minimum Gasteiger partial charge on any atom is -0.392 e. The van der Waals surface area contributed by atoms with Crippen LogP contribution in [0.15, 0.2) is 24.3 Å². The molecule has 1 aliphatic carbocycles. The summed E-state index contributed by atoms with van der Waals surface area (Å²) < 4.78 is 13.4. The second kappa shape index (κ2) is 5.44. The van der Waals surface area contributed by atoms with Gasteiger partial charge in [-0.2, -0.15) is 0 Å². The summed E-state index contributed by atoms with van der Waals surface area (Å²) in [5.74, 6) is -0.261. The van der Waals surface area contributed by atoms with E-state index in [-0.39, 0.29) is 24.2 Å². The van der Waals surface area contributed by atoms with Gasteiger partial charge in [-0.15, -0.1) is 0 Å². The van der Waals surface area contributed by atoms with Gasteiger partial charge in [-0.3, -0.25) is 4.79 Å². The summed E-state index contributed by atoms with van der Waals surface area (Å²) in [4.78, 5) is 12.1. The summed E-state index contributed by atoms with van der Waals surface area (Å²) in [5.41, 5.74) is 5.97. The topological polar surface area (TPSA) is 55.1 Å². The number of carbonyl (C=O) groups excluding carboxylic acids is 1. The van der Waals surface area contributed by atoms with Crippen LogP contribution in [0, 0.1) is 11.7 Å². The third kappa shape index (κ3) is 3.26. The van der Waals surface area contributed by atoms with Gasteiger partial charge < -0.3 is 11.1 Å². The molecule has 3 nitrogen and oxygen atoms in total. The van der Waals surface area contributed by atoms with Gasteiger partial charge in [-0.1, -0.05) is 30.4 Å².